The highest BCUT2D eigenvalue weighted by atomic mass is 16.1. The number of hydrogen-bond donors (Lipinski definition) is 2. The van der Waals surface area contributed by atoms with Gasteiger partial charge >= 0.3 is 0 Å². The van der Waals surface area contributed by atoms with Crippen LogP contribution in [0.1, 0.15) is 39.7 Å². The van der Waals surface area contributed by atoms with Gasteiger partial charge in [-0.25, -0.2) is 0 Å². The summed E-state index contributed by atoms with van der Waals surface area (Å²) in [6.07, 6.45) is 0.862. The van der Waals surface area contributed by atoms with Crippen molar-refractivity contribution >= 4 is 11.6 Å². The van der Waals surface area contributed by atoms with E-state index in [1.54, 1.807) is 0 Å². The van der Waals surface area contributed by atoms with Crippen molar-refractivity contribution in [2.45, 2.75) is 46.7 Å². The van der Waals surface area contributed by atoms with Crippen LogP contribution < -0.4 is 10.6 Å². The molecule has 2 N–H and O–H groups in total. The van der Waals surface area contributed by atoms with Gasteiger partial charge in [0.1, 0.15) is 0 Å². The monoisotopic (exact) mass is 248 g/mol. The van der Waals surface area contributed by atoms with E-state index in [1.165, 1.54) is 5.56 Å². The minimum absolute atomic E-state index is 0.0578. The third-order valence-electron chi connectivity index (χ3n) is 2.97. The largest absolute Gasteiger partial charge is 0.326 e. The molecule has 0 fully saturated rings. The smallest absolute Gasteiger partial charge is 0.227 e. The van der Waals surface area contributed by atoms with E-state index in [0.717, 1.165) is 18.7 Å². The van der Waals surface area contributed by atoms with E-state index < -0.39 is 0 Å². The molecule has 0 aliphatic carbocycles. The lowest BCUT2D eigenvalue weighted by Gasteiger charge is -2.12. The second-order valence-corrected chi connectivity index (χ2v) is 5.03. The minimum atomic E-state index is 0.0578. The summed E-state index contributed by atoms with van der Waals surface area (Å²) in [4.78, 5) is 11.8. The van der Waals surface area contributed by atoms with E-state index >= 15 is 0 Å². The van der Waals surface area contributed by atoms with Gasteiger partial charge in [-0.05, 0) is 24.1 Å². The Morgan fingerprint density at radius 3 is 2.61 bits per heavy atom. The molecule has 100 valence electrons. The SMILES string of the molecule is CCC(C)C(=O)Nc1cccc(CNC(C)C)c1. The quantitative estimate of drug-likeness (QED) is 0.812. The Morgan fingerprint density at radius 1 is 1.28 bits per heavy atom. The van der Waals surface area contributed by atoms with Gasteiger partial charge in [0.15, 0.2) is 0 Å². The van der Waals surface area contributed by atoms with Crippen LogP contribution in [0.2, 0.25) is 0 Å². The normalized spacial score (nSPS) is 12.5. The summed E-state index contributed by atoms with van der Waals surface area (Å²) in [5, 5.41) is 6.32. The lowest BCUT2D eigenvalue weighted by Crippen LogP contribution is -2.22. The van der Waals surface area contributed by atoms with Crippen LogP contribution in [0.5, 0.6) is 0 Å². The summed E-state index contributed by atoms with van der Waals surface area (Å²) in [7, 11) is 0. The maximum Gasteiger partial charge on any atom is 0.227 e. The van der Waals surface area contributed by atoms with E-state index in [9.17, 15) is 4.79 Å². The number of amides is 1. The third-order valence-corrected chi connectivity index (χ3v) is 2.97. The zero-order chi connectivity index (χ0) is 13.5. The fraction of sp³-hybridized carbons (Fsp3) is 0.533. The van der Waals surface area contributed by atoms with Crippen LogP contribution in [0.25, 0.3) is 0 Å². The molecule has 0 aliphatic heterocycles. The summed E-state index contributed by atoms with van der Waals surface area (Å²) in [5.41, 5.74) is 2.06. The zero-order valence-corrected chi connectivity index (χ0v) is 11.8. The first kappa shape index (κ1) is 14.7. The Balaban J connectivity index is 2.61. The second kappa shape index (κ2) is 7.17. The van der Waals surface area contributed by atoms with Gasteiger partial charge in [-0.3, -0.25) is 4.79 Å². The molecule has 0 aliphatic rings. The lowest BCUT2D eigenvalue weighted by atomic mass is 10.1. The Bertz CT molecular complexity index is 388. The third kappa shape index (κ3) is 4.88. The summed E-state index contributed by atoms with van der Waals surface area (Å²) in [5.74, 6) is 0.147. The van der Waals surface area contributed by atoms with Crippen LogP contribution >= 0.6 is 0 Å². The Hall–Kier alpha value is -1.35. The molecule has 3 heteroatoms. The van der Waals surface area contributed by atoms with Crippen molar-refractivity contribution in [3.05, 3.63) is 29.8 Å². The van der Waals surface area contributed by atoms with Crippen molar-refractivity contribution in [2.24, 2.45) is 5.92 Å². The highest BCUT2D eigenvalue weighted by molar-refractivity contribution is 5.92. The van der Waals surface area contributed by atoms with E-state index in [-0.39, 0.29) is 11.8 Å². The van der Waals surface area contributed by atoms with Crippen LogP contribution in [0.15, 0.2) is 24.3 Å². The molecule has 0 heterocycles. The van der Waals surface area contributed by atoms with E-state index in [0.29, 0.717) is 6.04 Å². The average Bonchev–Trinajstić information content (AvgIpc) is 2.35. The standard InChI is InChI=1S/C15H24N2O/c1-5-12(4)15(18)17-14-8-6-7-13(9-14)10-16-11(2)3/h6-9,11-12,16H,5,10H2,1-4H3,(H,17,18). The number of rotatable bonds is 6. The molecule has 1 atom stereocenters. The molecule has 1 amide bonds. The van der Waals surface area contributed by atoms with Gasteiger partial charge in [0.25, 0.3) is 0 Å². The van der Waals surface area contributed by atoms with Gasteiger partial charge in [0, 0.05) is 24.2 Å². The molecule has 3 nitrogen and oxygen atoms in total. The van der Waals surface area contributed by atoms with Gasteiger partial charge in [0.2, 0.25) is 5.91 Å². The van der Waals surface area contributed by atoms with Crippen molar-refractivity contribution in [1.29, 1.82) is 0 Å². The first-order valence-corrected chi connectivity index (χ1v) is 6.66. The summed E-state index contributed by atoms with van der Waals surface area (Å²) in [6, 6.07) is 8.45. The second-order valence-electron chi connectivity index (χ2n) is 5.03. The number of benzene rings is 1. The van der Waals surface area contributed by atoms with Gasteiger partial charge in [-0.15, -0.1) is 0 Å². The molecular weight excluding hydrogens is 224 g/mol. The number of nitrogens with one attached hydrogen (secondary N) is 2. The fourth-order valence-electron chi connectivity index (χ4n) is 1.53. The first-order chi connectivity index (χ1) is 8.52. The molecule has 0 saturated heterocycles. The topological polar surface area (TPSA) is 41.1 Å². The molecule has 0 radical (unpaired) electrons. The molecule has 1 rings (SSSR count). The molecule has 0 aromatic heterocycles. The van der Waals surface area contributed by atoms with Gasteiger partial charge in [-0.1, -0.05) is 39.8 Å². The van der Waals surface area contributed by atoms with Crippen molar-refractivity contribution in [2.75, 3.05) is 5.32 Å². The predicted molar refractivity (Wildman–Crippen MR) is 76.5 cm³/mol. The predicted octanol–water partition coefficient (Wildman–Crippen LogP) is 3.17. The van der Waals surface area contributed by atoms with E-state index in [4.69, 9.17) is 0 Å². The molecule has 1 aromatic carbocycles. The molecule has 1 aromatic rings. The van der Waals surface area contributed by atoms with E-state index in [1.807, 2.05) is 32.0 Å². The fourth-order valence-corrected chi connectivity index (χ4v) is 1.53. The van der Waals surface area contributed by atoms with Gasteiger partial charge < -0.3 is 10.6 Å². The number of carbonyl (C=O) groups is 1. The molecule has 0 bridgehead atoms. The maximum absolute atomic E-state index is 11.8. The highest BCUT2D eigenvalue weighted by Gasteiger charge is 2.10. The number of hydrogen-bond acceptors (Lipinski definition) is 2. The van der Waals surface area contributed by atoms with E-state index in [2.05, 4.69) is 30.5 Å². The number of anilines is 1. The minimum Gasteiger partial charge on any atom is -0.326 e. The van der Waals surface area contributed by atoms with Crippen molar-refractivity contribution < 1.29 is 4.79 Å². The van der Waals surface area contributed by atoms with Crippen LogP contribution in [-0.2, 0) is 11.3 Å². The molecule has 0 spiro atoms. The van der Waals surface area contributed by atoms with Crippen LogP contribution in [0.3, 0.4) is 0 Å². The maximum atomic E-state index is 11.8. The number of carbonyl (C=O) groups excluding carboxylic acids is 1. The highest BCUT2D eigenvalue weighted by Crippen LogP contribution is 2.13. The lowest BCUT2D eigenvalue weighted by molar-refractivity contribution is -0.119. The van der Waals surface area contributed by atoms with Crippen molar-refractivity contribution in [1.82, 2.24) is 5.32 Å². The molecule has 1 unspecified atom stereocenters. The van der Waals surface area contributed by atoms with Gasteiger partial charge in [0.05, 0.1) is 0 Å². The average molecular weight is 248 g/mol. The summed E-state index contributed by atoms with van der Waals surface area (Å²) in [6.45, 7) is 9.03. The Morgan fingerprint density at radius 2 is 2.00 bits per heavy atom. The van der Waals surface area contributed by atoms with Crippen molar-refractivity contribution in [3.63, 3.8) is 0 Å². The first-order valence-electron chi connectivity index (χ1n) is 6.66. The van der Waals surface area contributed by atoms with Crippen molar-refractivity contribution in [3.8, 4) is 0 Å². The van der Waals surface area contributed by atoms with Gasteiger partial charge in [-0.2, -0.15) is 0 Å². The van der Waals surface area contributed by atoms with Crippen LogP contribution in [0, 0.1) is 5.92 Å². The molecule has 0 saturated carbocycles. The Kier molecular flexibility index (Phi) is 5.86. The zero-order valence-electron chi connectivity index (χ0n) is 11.8. The Labute approximate surface area is 110 Å². The molecular formula is C15H24N2O. The summed E-state index contributed by atoms with van der Waals surface area (Å²) >= 11 is 0. The van der Waals surface area contributed by atoms with Crippen LogP contribution in [-0.4, -0.2) is 11.9 Å². The van der Waals surface area contributed by atoms with Crippen LogP contribution in [0.4, 0.5) is 5.69 Å². The molecule has 18 heavy (non-hydrogen) atoms. The summed E-state index contributed by atoms with van der Waals surface area (Å²) < 4.78 is 0.